The quantitative estimate of drug-likeness (QED) is 0.256. The Hall–Kier alpha value is -2.12. The van der Waals surface area contributed by atoms with E-state index in [9.17, 15) is 14.8 Å². The molecule has 1 N–H and O–H groups in total. The molecule has 2 aliphatic heterocycles. The van der Waals surface area contributed by atoms with Crippen molar-refractivity contribution in [2.45, 2.75) is 104 Å². The van der Waals surface area contributed by atoms with Crippen molar-refractivity contribution in [3.05, 3.63) is 34.9 Å². The van der Waals surface area contributed by atoms with Gasteiger partial charge in [0.25, 0.3) is 0 Å². The molecule has 40 heavy (non-hydrogen) atoms. The van der Waals surface area contributed by atoms with E-state index in [1.165, 1.54) is 6.21 Å². The van der Waals surface area contributed by atoms with Gasteiger partial charge in [-0.05, 0) is 89.8 Å². The van der Waals surface area contributed by atoms with Crippen molar-refractivity contribution in [1.29, 1.82) is 0 Å². The van der Waals surface area contributed by atoms with Crippen LogP contribution < -0.4 is 0 Å². The number of halogens is 1. The summed E-state index contributed by atoms with van der Waals surface area (Å²) in [4.78, 5) is 34.6. The van der Waals surface area contributed by atoms with Gasteiger partial charge in [0.2, 0.25) is 11.8 Å². The van der Waals surface area contributed by atoms with Crippen molar-refractivity contribution < 1.29 is 14.8 Å². The van der Waals surface area contributed by atoms with E-state index in [0.29, 0.717) is 18.1 Å². The molecule has 0 bridgehead atoms. The average molecular weight is 573 g/mol. The molecule has 2 saturated heterocycles. The Labute approximate surface area is 245 Å². The second-order valence-corrected chi connectivity index (χ2v) is 15.1. The Bertz CT molecular complexity index is 1080. The Balaban J connectivity index is 1.56. The maximum absolute atomic E-state index is 14.2. The lowest BCUT2D eigenvalue weighted by Gasteiger charge is -2.44. The van der Waals surface area contributed by atoms with Crippen LogP contribution in [0.3, 0.4) is 0 Å². The number of benzene rings is 1. The molecule has 1 aromatic carbocycles. The molecular formula is C32H49ClN4O3. The summed E-state index contributed by atoms with van der Waals surface area (Å²) in [6.45, 7) is 17.6. The van der Waals surface area contributed by atoms with E-state index in [1.807, 2.05) is 30.9 Å². The van der Waals surface area contributed by atoms with E-state index in [4.69, 9.17) is 11.6 Å². The van der Waals surface area contributed by atoms with Crippen LogP contribution in [-0.4, -0.2) is 81.7 Å². The van der Waals surface area contributed by atoms with Gasteiger partial charge in [-0.25, -0.2) is 0 Å². The smallest absolute Gasteiger partial charge is 0.234 e. The fourth-order valence-electron chi connectivity index (χ4n) is 6.88. The van der Waals surface area contributed by atoms with Gasteiger partial charge in [0.15, 0.2) is 0 Å². The standard InChI is InChI=1S/C32H49ClN4O3/c1-30(2,3)36-19-26(22-8-10-23(33)11-9-22)27(20-36)28(38)35-17-14-25(18-35)37(29(39)32(6,7)21-34-40)24-12-15-31(4,5)16-13-24/h8-11,21,24-27,40H,12-20H2,1-7H3/b34-21+/t25-,26-,27?/m0/s1. The highest BCUT2D eigenvalue weighted by Gasteiger charge is 2.47. The molecule has 0 aromatic heterocycles. The van der Waals surface area contributed by atoms with E-state index < -0.39 is 5.41 Å². The van der Waals surface area contributed by atoms with Crippen molar-refractivity contribution in [2.24, 2.45) is 21.9 Å². The Morgan fingerprint density at radius 2 is 1.62 bits per heavy atom. The Kier molecular flexibility index (Phi) is 8.97. The normalized spacial score (nSPS) is 26.5. The minimum atomic E-state index is -0.919. The number of oxime groups is 1. The topological polar surface area (TPSA) is 76.5 Å². The predicted molar refractivity (Wildman–Crippen MR) is 161 cm³/mol. The average Bonchev–Trinajstić information content (AvgIpc) is 3.53. The van der Waals surface area contributed by atoms with Crippen LogP contribution in [0.2, 0.25) is 5.02 Å². The van der Waals surface area contributed by atoms with Gasteiger partial charge in [0.05, 0.1) is 23.6 Å². The summed E-state index contributed by atoms with van der Waals surface area (Å²) in [5.41, 5.74) is 0.475. The van der Waals surface area contributed by atoms with E-state index in [0.717, 1.165) is 50.8 Å². The Morgan fingerprint density at radius 3 is 2.20 bits per heavy atom. The first-order valence-corrected chi connectivity index (χ1v) is 15.3. The summed E-state index contributed by atoms with van der Waals surface area (Å²) in [6.07, 6.45) is 6.15. The number of hydrogen-bond acceptors (Lipinski definition) is 5. The molecule has 8 heteroatoms. The van der Waals surface area contributed by atoms with Gasteiger partial charge in [0, 0.05) is 48.7 Å². The van der Waals surface area contributed by atoms with Crippen LogP contribution in [0, 0.1) is 16.7 Å². The fourth-order valence-corrected chi connectivity index (χ4v) is 7.00. The maximum Gasteiger partial charge on any atom is 0.234 e. The molecule has 3 fully saturated rings. The molecule has 2 heterocycles. The zero-order valence-corrected chi connectivity index (χ0v) is 26.2. The van der Waals surface area contributed by atoms with Crippen molar-refractivity contribution in [1.82, 2.24) is 14.7 Å². The van der Waals surface area contributed by atoms with E-state index >= 15 is 0 Å². The summed E-state index contributed by atoms with van der Waals surface area (Å²) in [6, 6.07) is 8.04. The number of amides is 2. The van der Waals surface area contributed by atoms with Crippen molar-refractivity contribution >= 4 is 29.6 Å². The van der Waals surface area contributed by atoms with Crippen LogP contribution in [0.5, 0.6) is 0 Å². The lowest BCUT2D eigenvalue weighted by molar-refractivity contribution is -0.144. The molecule has 0 spiro atoms. The van der Waals surface area contributed by atoms with Crippen LogP contribution in [0.15, 0.2) is 29.4 Å². The van der Waals surface area contributed by atoms with Crippen LogP contribution in [-0.2, 0) is 9.59 Å². The third-order valence-electron chi connectivity index (χ3n) is 9.62. The lowest BCUT2D eigenvalue weighted by Crippen LogP contribution is -2.55. The first-order chi connectivity index (χ1) is 18.6. The fraction of sp³-hybridized carbons (Fsp3) is 0.719. The summed E-state index contributed by atoms with van der Waals surface area (Å²) < 4.78 is 0. The van der Waals surface area contributed by atoms with Crippen LogP contribution in [0.4, 0.5) is 0 Å². The van der Waals surface area contributed by atoms with E-state index in [1.54, 1.807) is 0 Å². The van der Waals surface area contributed by atoms with Crippen molar-refractivity contribution in [2.75, 3.05) is 26.2 Å². The SMILES string of the molecule is CC1(C)CCC(N(C(=O)C(C)(C)/C=N/O)[C@H]2CCN(C(=O)C3CN(C(C)(C)C)C[C@H]3c3ccc(Cl)cc3)C2)CC1. The number of likely N-dealkylation sites (tertiary alicyclic amines) is 2. The largest absolute Gasteiger partial charge is 0.411 e. The van der Waals surface area contributed by atoms with Gasteiger partial charge in [-0.2, -0.15) is 0 Å². The highest BCUT2D eigenvalue weighted by atomic mass is 35.5. The molecule has 3 atom stereocenters. The predicted octanol–water partition coefficient (Wildman–Crippen LogP) is 6.04. The minimum absolute atomic E-state index is 0.0203. The molecule has 1 saturated carbocycles. The Morgan fingerprint density at radius 1 is 1.00 bits per heavy atom. The summed E-state index contributed by atoms with van der Waals surface area (Å²) in [5.74, 6) is 0.119. The monoisotopic (exact) mass is 572 g/mol. The van der Waals surface area contributed by atoms with Gasteiger partial charge >= 0.3 is 0 Å². The second-order valence-electron chi connectivity index (χ2n) is 14.6. The number of rotatable bonds is 6. The molecule has 4 rings (SSSR count). The molecule has 2 amide bonds. The summed E-state index contributed by atoms with van der Waals surface area (Å²) in [5, 5.41) is 13.2. The second kappa shape index (κ2) is 11.6. The molecule has 1 aliphatic carbocycles. The summed E-state index contributed by atoms with van der Waals surface area (Å²) >= 11 is 6.18. The van der Waals surface area contributed by atoms with Gasteiger partial charge in [-0.3, -0.25) is 14.5 Å². The van der Waals surface area contributed by atoms with Crippen LogP contribution in [0.25, 0.3) is 0 Å². The van der Waals surface area contributed by atoms with E-state index in [-0.39, 0.29) is 46.7 Å². The minimum Gasteiger partial charge on any atom is -0.411 e. The van der Waals surface area contributed by atoms with E-state index in [2.05, 4.69) is 61.7 Å². The van der Waals surface area contributed by atoms with Gasteiger partial charge in [0.1, 0.15) is 0 Å². The van der Waals surface area contributed by atoms with Gasteiger partial charge < -0.3 is 15.0 Å². The van der Waals surface area contributed by atoms with Crippen molar-refractivity contribution in [3.8, 4) is 0 Å². The first-order valence-electron chi connectivity index (χ1n) is 14.9. The molecule has 222 valence electrons. The van der Waals surface area contributed by atoms with Gasteiger partial charge in [-0.1, -0.05) is 37.6 Å². The number of hydrogen-bond donors (Lipinski definition) is 1. The first kappa shape index (κ1) is 30.8. The highest BCUT2D eigenvalue weighted by Crippen LogP contribution is 2.41. The molecular weight excluding hydrogens is 524 g/mol. The number of nitrogens with zero attached hydrogens (tertiary/aromatic N) is 4. The summed E-state index contributed by atoms with van der Waals surface area (Å²) in [7, 11) is 0. The zero-order chi connectivity index (χ0) is 29.5. The zero-order valence-electron chi connectivity index (χ0n) is 25.5. The maximum atomic E-state index is 14.2. The van der Waals surface area contributed by atoms with Crippen LogP contribution >= 0.6 is 11.6 Å². The molecule has 1 unspecified atom stereocenters. The van der Waals surface area contributed by atoms with Crippen LogP contribution in [0.1, 0.15) is 92.1 Å². The lowest BCUT2D eigenvalue weighted by atomic mass is 9.74. The van der Waals surface area contributed by atoms with Gasteiger partial charge in [-0.15, -0.1) is 5.16 Å². The number of carbonyl (C=O) groups excluding carboxylic acids is 2. The highest BCUT2D eigenvalue weighted by molar-refractivity contribution is 6.30. The molecule has 1 aromatic rings. The third-order valence-corrected chi connectivity index (χ3v) is 9.87. The molecule has 7 nitrogen and oxygen atoms in total. The number of carbonyl (C=O) groups is 2. The van der Waals surface area contributed by atoms with Crippen molar-refractivity contribution in [3.63, 3.8) is 0 Å². The molecule has 0 radical (unpaired) electrons. The third kappa shape index (κ3) is 6.67. The molecule has 3 aliphatic rings.